The van der Waals surface area contributed by atoms with Crippen LogP contribution in [0.5, 0.6) is 5.75 Å². The molecule has 0 unspecified atom stereocenters. The number of carbonyl (C=O) groups is 1. The summed E-state index contributed by atoms with van der Waals surface area (Å²) in [7, 11) is -3.18. The van der Waals surface area contributed by atoms with Crippen molar-refractivity contribution in [1.82, 2.24) is 14.7 Å². The lowest BCUT2D eigenvalue weighted by atomic mass is 9.95. The first-order valence-electron chi connectivity index (χ1n) is 13.3. The van der Waals surface area contributed by atoms with Gasteiger partial charge in [-0.3, -0.25) is 9.48 Å². The van der Waals surface area contributed by atoms with E-state index in [0.29, 0.717) is 31.0 Å². The minimum Gasteiger partial charge on any atom is -0.494 e. The standard InChI is InChI=1S/C31H31N3O4S/c1-3-38-26-11-7-10-24(18-26)29-27-28(23-14-12-21(2)13-15-23)32-34(25-16-17-39(36,37)20-25)30(27)31(35)33(29)19-22-8-5-4-6-9-22/h4-15,18,25,29H,3,16-17,19-20H2,1-2H3/t25-,29+/m0/s1. The Balaban J connectivity index is 1.57. The third kappa shape index (κ3) is 4.74. The Morgan fingerprint density at radius 1 is 1.00 bits per heavy atom. The quantitative estimate of drug-likeness (QED) is 0.315. The average molecular weight is 542 g/mol. The van der Waals surface area contributed by atoms with Crippen LogP contribution in [0, 0.1) is 6.92 Å². The van der Waals surface area contributed by atoms with Gasteiger partial charge in [-0.1, -0.05) is 72.3 Å². The molecule has 3 aromatic carbocycles. The van der Waals surface area contributed by atoms with Crippen LogP contribution >= 0.6 is 0 Å². The Hall–Kier alpha value is -3.91. The normalized spacial score (nSPS) is 19.8. The van der Waals surface area contributed by atoms with Crippen LogP contribution in [0.2, 0.25) is 0 Å². The highest BCUT2D eigenvalue weighted by molar-refractivity contribution is 7.91. The second-order valence-corrected chi connectivity index (χ2v) is 12.5. The fourth-order valence-corrected chi connectivity index (χ4v) is 7.41. The number of aryl methyl sites for hydroxylation is 1. The molecule has 0 aliphatic carbocycles. The molecule has 0 spiro atoms. The molecule has 2 aliphatic heterocycles. The van der Waals surface area contributed by atoms with Crippen LogP contribution in [0.4, 0.5) is 0 Å². The summed E-state index contributed by atoms with van der Waals surface area (Å²) >= 11 is 0. The number of carbonyl (C=O) groups excluding carboxylic acids is 1. The van der Waals surface area contributed by atoms with Gasteiger partial charge >= 0.3 is 0 Å². The average Bonchev–Trinajstić information content (AvgIpc) is 3.57. The van der Waals surface area contributed by atoms with Gasteiger partial charge in [-0.15, -0.1) is 0 Å². The second kappa shape index (κ2) is 10.0. The number of nitrogens with zero attached hydrogens (tertiary/aromatic N) is 3. The van der Waals surface area contributed by atoms with Crippen LogP contribution in [-0.2, 0) is 16.4 Å². The van der Waals surface area contributed by atoms with Gasteiger partial charge in [-0.05, 0) is 43.5 Å². The molecule has 0 radical (unpaired) electrons. The predicted octanol–water partition coefficient (Wildman–Crippen LogP) is 5.36. The number of aromatic nitrogens is 2. The van der Waals surface area contributed by atoms with Gasteiger partial charge in [-0.25, -0.2) is 8.42 Å². The molecule has 2 aliphatic rings. The summed E-state index contributed by atoms with van der Waals surface area (Å²) in [5, 5.41) is 4.98. The first-order chi connectivity index (χ1) is 18.8. The van der Waals surface area contributed by atoms with Gasteiger partial charge in [0.05, 0.1) is 35.9 Å². The maximum Gasteiger partial charge on any atom is 0.273 e. The number of rotatable bonds is 7. The number of benzene rings is 3. The number of ether oxygens (including phenoxy) is 1. The second-order valence-electron chi connectivity index (χ2n) is 10.3. The summed E-state index contributed by atoms with van der Waals surface area (Å²) in [4.78, 5) is 16.2. The minimum absolute atomic E-state index is 0.00901. The van der Waals surface area contributed by atoms with Gasteiger partial charge < -0.3 is 9.64 Å². The fraction of sp³-hybridized carbons (Fsp3) is 0.290. The third-order valence-electron chi connectivity index (χ3n) is 7.56. The van der Waals surface area contributed by atoms with E-state index < -0.39 is 15.9 Å². The lowest BCUT2D eigenvalue weighted by molar-refractivity contribution is 0.0722. The number of amides is 1. The maximum atomic E-state index is 14.3. The van der Waals surface area contributed by atoms with Crippen LogP contribution in [0.1, 0.15) is 58.2 Å². The Bertz CT molecular complexity index is 1630. The highest BCUT2D eigenvalue weighted by Gasteiger charge is 2.46. The number of fused-ring (bicyclic) bond motifs is 1. The van der Waals surface area contributed by atoms with Crippen molar-refractivity contribution < 1.29 is 17.9 Å². The van der Waals surface area contributed by atoms with Crippen molar-refractivity contribution in [3.05, 3.63) is 107 Å². The molecule has 0 bridgehead atoms. The largest absolute Gasteiger partial charge is 0.494 e. The van der Waals surface area contributed by atoms with Gasteiger partial charge in [0.25, 0.3) is 5.91 Å². The Morgan fingerprint density at radius 2 is 1.77 bits per heavy atom. The van der Waals surface area contributed by atoms with E-state index in [9.17, 15) is 13.2 Å². The molecule has 39 heavy (non-hydrogen) atoms. The van der Waals surface area contributed by atoms with Crippen LogP contribution < -0.4 is 4.74 Å². The summed E-state index contributed by atoms with van der Waals surface area (Å²) in [5.41, 5.74) is 5.98. The Labute approximate surface area is 229 Å². The SMILES string of the molecule is CCOc1cccc([C@@H]2c3c(-c4ccc(C)cc4)nn([C@H]4CCS(=O)(=O)C4)c3C(=O)N2Cc2ccccc2)c1. The van der Waals surface area contributed by atoms with Gasteiger partial charge in [0.2, 0.25) is 0 Å². The van der Waals surface area contributed by atoms with Crippen molar-refractivity contribution in [1.29, 1.82) is 0 Å². The number of hydrogen-bond acceptors (Lipinski definition) is 5. The number of sulfone groups is 1. The zero-order chi connectivity index (χ0) is 27.1. The molecule has 7 nitrogen and oxygen atoms in total. The van der Waals surface area contributed by atoms with Crippen molar-refractivity contribution in [3.63, 3.8) is 0 Å². The molecular weight excluding hydrogens is 510 g/mol. The highest BCUT2D eigenvalue weighted by Crippen LogP contribution is 2.46. The summed E-state index contributed by atoms with van der Waals surface area (Å²) in [6.07, 6.45) is 0.445. The number of hydrogen-bond donors (Lipinski definition) is 0. The zero-order valence-electron chi connectivity index (χ0n) is 22.1. The topological polar surface area (TPSA) is 81.5 Å². The van der Waals surface area contributed by atoms with Gasteiger partial charge in [0.1, 0.15) is 11.4 Å². The molecule has 8 heteroatoms. The molecule has 200 valence electrons. The van der Waals surface area contributed by atoms with E-state index in [4.69, 9.17) is 9.84 Å². The summed E-state index contributed by atoms with van der Waals surface area (Å²) < 4.78 is 32.4. The third-order valence-corrected chi connectivity index (χ3v) is 9.31. The molecule has 2 atom stereocenters. The van der Waals surface area contributed by atoms with Crippen molar-refractivity contribution in [2.75, 3.05) is 18.1 Å². The molecule has 6 rings (SSSR count). The van der Waals surface area contributed by atoms with Gasteiger partial charge in [-0.2, -0.15) is 5.10 Å². The van der Waals surface area contributed by atoms with E-state index in [1.807, 2.05) is 97.6 Å². The lowest BCUT2D eigenvalue weighted by Gasteiger charge is -2.27. The summed E-state index contributed by atoms with van der Waals surface area (Å²) in [6, 6.07) is 25.1. The van der Waals surface area contributed by atoms with E-state index in [1.165, 1.54) is 0 Å². The smallest absolute Gasteiger partial charge is 0.273 e. The molecule has 1 saturated heterocycles. The monoisotopic (exact) mass is 541 g/mol. The van der Waals surface area contributed by atoms with E-state index >= 15 is 0 Å². The van der Waals surface area contributed by atoms with E-state index in [2.05, 4.69) is 0 Å². The first-order valence-corrected chi connectivity index (χ1v) is 15.1. The van der Waals surface area contributed by atoms with Gasteiger partial charge in [0.15, 0.2) is 9.84 Å². The molecule has 3 heterocycles. The summed E-state index contributed by atoms with van der Waals surface area (Å²) in [5.74, 6) is 0.691. The van der Waals surface area contributed by atoms with Crippen molar-refractivity contribution in [2.45, 2.75) is 38.9 Å². The summed E-state index contributed by atoms with van der Waals surface area (Å²) in [6.45, 7) is 4.92. The molecule has 0 N–H and O–H groups in total. The molecule has 1 aromatic heterocycles. The molecule has 0 saturated carbocycles. The van der Waals surface area contributed by atoms with Gasteiger partial charge in [0, 0.05) is 17.7 Å². The minimum atomic E-state index is -3.18. The highest BCUT2D eigenvalue weighted by atomic mass is 32.2. The Morgan fingerprint density at radius 3 is 2.46 bits per heavy atom. The molecular formula is C31H31N3O4S. The Kier molecular flexibility index (Phi) is 6.51. The zero-order valence-corrected chi connectivity index (χ0v) is 22.9. The van der Waals surface area contributed by atoms with E-state index in [0.717, 1.165) is 33.6 Å². The van der Waals surface area contributed by atoms with Crippen LogP contribution in [0.25, 0.3) is 11.3 Å². The molecule has 1 amide bonds. The molecule has 1 fully saturated rings. The lowest BCUT2D eigenvalue weighted by Crippen LogP contribution is -2.30. The van der Waals surface area contributed by atoms with E-state index in [1.54, 1.807) is 4.68 Å². The molecule has 4 aromatic rings. The van der Waals surface area contributed by atoms with Crippen molar-refractivity contribution >= 4 is 15.7 Å². The van der Waals surface area contributed by atoms with Crippen LogP contribution in [0.3, 0.4) is 0 Å². The van der Waals surface area contributed by atoms with Crippen molar-refractivity contribution in [2.24, 2.45) is 0 Å². The van der Waals surface area contributed by atoms with E-state index in [-0.39, 0.29) is 23.5 Å². The van der Waals surface area contributed by atoms with Crippen molar-refractivity contribution in [3.8, 4) is 17.0 Å². The van der Waals surface area contributed by atoms with Crippen LogP contribution in [0.15, 0.2) is 78.9 Å². The maximum absolute atomic E-state index is 14.3. The fourth-order valence-electron chi connectivity index (χ4n) is 5.72. The van der Waals surface area contributed by atoms with Crippen LogP contribution in [-0.4, -0.2) is 47.1 Å². The predicted molar refractivity (Wildman–Crippen MR) is 150 cm³/mol. The first kappa shape index (κ1) is 25.4.